The fraction of sp³-hybridized carbons (Fsp3) is 0.238. The molecule has 0 saturated carbocycles. The Morgan fingerprint density at radius 1 is 1.15 bits per heavy atom. The quantitative estimate of drug-likeness (QED) is 0.682. The summed E-state index contributed by atoms with van der Waals surface area (Å²) in [5.41, 5.74) is 1.70. The number of nitrogens with one attached hydrogen (secondary N) is 2. The Morgan fingerprint density at radius 3 is 2.67 bits per heavy atom. The minimum Gasteiger partial charge on any atom is -0.490 e. The summed E-state index contributed by atoms with van der Waals surface area (Å²) in [6, 6.07) is 14.1. The number of carbonyl (C=O) groups is 2. The molecule has 2 aromatic carbocycles. The van der Waals surface area contributed by atoms with Crippen LogP contribution in [-0.4, -0.2) is 18.4 Å². The molecule has 0 aliphatic heterocycles. The van der Waals surface area contributed by atoms with Crippen molar-refractivity contribution in [3.63, 3.8) is 0 Å². The van der Waals surface area contributed by atoms with Gasteiger partial charge >= 0.3 is 0 Å². The number of ether oxygens (including phenoxy) is 1. The van der Waals surface area contributed by atoms with Gasteiger partial charge < -0.3 is 19.8 Å². The summed E-state index contributed by atoms with van der Waals surface area (Å²) in [7, 11) is 0. The Kier molecular flexibility index (Phi) is 5.45. The van der Waals surface area contributed by atoms with E-state index in [2.05, 4.69) is 10.6 Å². The van der Waals surface area contributed by atoms with Gasteiger partial charge in [-0.15, -0.1) is 0 Å². The monoisotopic (exact) mass is 366 g/mol. The second-order valence-corrected chi connectivity index (χ2v) is 6.21. The van der Waals surface area contributed by atoms with Crippen LogP contribution in [0.3, 0.4) is 0 Å². The van der Waals surface area contributed by atoms with Crippen molar-refractivity contribution in [3.8, 4) is 5.75 Å². The van der Waals surface area contributed by atoms with Crippen LogP contribution in [0.25, 0.3) is 11.0 Å². The Morgan fingerprint density at radius 2 is 1.93 bits per heavy atom. The summed E-state index contributed by atoms with van der Waals surface area (Å²) < 4.78 is 11.5. The van der Waals surface area contributed by atoms with E-state index in [1.807, 2.05) is 38.1 Å². The first kappa shape index (κ1) is 18.5. The molecule has 2 amide bonds. The third-order valence-electron chi connectivity index (χ3n) is 4.05. The SMILES string of the molecule is CCOc1cccc2cc(C(C)NC(=O)c3cccc(NC(C)=O)c3)oc12. The number of para-hydroxylation sites is 1. The van der Waals surface area contributed by atoms with Crippen molar-refractivity contribution < 1.29 is 18.7 Å². The lowest BCUT2D eigenvalue weighted by Crippen LogP contribution is -2.26. The average Bonchev–Trinajstić information content (AvgIpc) is 3.07. The molecular formula is C21H22N2O4. The Labute approximate surface area is 157 Å². The summed E-state index contributed by atoms with van der Waals surface area (Å²) in [5.74, 6) is 0.889. The van der Waals surface area contributed by atoms with Crippen LogP contribution in [0.15, 0.2) is 52.9 Å². The van der Waals surface area contributed by atoms with Crippen LogP contribution in [0.5, 0.6) is 5.75 Å². The maximum absolute atomic E-state index is 12.6. The molecule has 0 fully saturated rings. The number of amides is 2. The van der Waals surface area contributed by atoms with Crippen LogP contribution in [0, 0.1) is 0 Å². The third-order valence-corrected chi connectivity index (χ3v) is 4.05. The molecule has 3 rings (SSSR count). The molecule has 1 atom stereocenters. The van der Waals surface area contributed by atoms with Gasteiger partial charge in [0, 0.05) is 23.6 Å². The van der Waals surface area contributed by atoms with Crippen LogP contribution in [0.1, 0.15) is 42.9 Å². The fourth-order valence-electron chi connectivity index (χ4n) is 2.83. The van der Waals surface area contributed by atoms with Gasteiger partial charge in [0.25, 0.3) is 5.91 Å². The number of rotatable bonds is 6. The molecule has 6 heteroatoms. The van der Waals surface area contributed by atoms with E-state index in [9.17, 15) is 9.59 Å². The molecule has 0 radical (unpaired) electrons. The van der Waals surface area contributed by atoms with Crippen LogP contribution in [0.2, 0.25) is 0 Å². The molecule has 1 unspecified atom stereocenters. The maximum Gasteiger partial charge on any atom is 0.251 e. The second kappa shape index (κ2) is 7.95. The zero-order valence-electron chi connectivity index (χ0n) is 15.5. The van der Waals surface area contributed by atoms with E-state index in [1.54, 1.807) is 24.3 Å². The highest BCUT2D eigenvalue weighted by Crippen LogP contribution is 2.31. The standard InChI is InChI=1S/C21H22N2O4/c1-4-26-18-10-6-7-15-12-19(27-20(15)18)13(2)22-21(25)16-8-5-9-17(11-16)23-14(3)24/h5-13H,4H2,1-3H3,(H,22,25)(H,23,24). The molecular weight excluding hydrogens is 344 g/mol. The first-order valence-corrected chi connectivity index (χ1v) is 8.81. The van der Waals surface area contributed by atoms with Crippen molar-refractivity contribution >= 4 is 28.5 Å². The van der Waals surface area contributed by atoms with E-state index in [-0.39, 0.29) is 17.9 Å². The number of hydrogen-bond donors (Lipinski definition) is 2. The lowest BCUT2D eigenvalue weighted by Gasteiger charge is -2.12. The van der Waals surface area contributed by atoms with Gasteiger partial charge in [-0.2, -0.15) is 0 Å². The normalized spacial score (nSPS) is 11.8. The van der Waals surface area contributed by atoms with Crippen LogP contribution < -0.4 is 15.4 Å². The number of hydrogen-bond acceptors (Lipinski definition) is 4. The molecule has 1 heterocycles. The van der Waals surface area contributed by atoms with Crippen molar-refractivity contribution in [3.05, 3.63) is 59.9 Å². The van der Waals surface area contributed by atoms with Gasteiger partial charge in [0.05, 0.1) is 12.6 Å². The summed E-state index contributed by atoms with van der Waals surface area (Å²) in [4.78, 5) is 23.7. The van der Waals surface area contributed by atoms with E-state index in [0.29, 0.717) is 35.0 Å². The van der Waals surface area contributed by atoms with Crippen LogP contribution in [-0.2, 0) is 4.79 Å². The number of carbonyl (C=O) groups excluding carboxylic acids is 2. The Bertz CT molecular complexity index is 977. The second-order valence-electron chi connectivity index (χ2n) is 6.21. The van der Waals surface area contributed by atoms with Gasteiger partial charge in [-0.1, -0.05) is 18.2 Å². The van der Waals surface area contributed by atoms with E-state index in [1.165, 1.54) is 6.92 Å². The average molecular weight is 366 g/mol. The van der Waals surface area contributed by atoms with Crippen molar-refractivity contribution in [2.75, 3.05) is 11.9 Å². The fourth-order valence-corrected chi connectivity index (χ4v) is 2.83. The highest BCUT2D eigenvalue weighted by Gasteiger charge is 2.17. The minimum absolute atomic E-state index is 0.187. The first-order valence-electron chi connectivity index (χ1n) is 8.81. The van der Waals surface area contributed by atoms with Crippen molar-refractivity contribution in [1.82, 2.24) is 5.32 Å². The van der Waals surface area contributed by atoms with E-state index in [0.717, 1.165) is 5.39 Å². The van der Waals surface area contributed by atoms with Crippen LogP contribution >= 0.6 is 0 Å². The molecule has 0 aliphatic carbocycles. The van der Waals surface area contributed by atoms with Crippen molar-refractivity contribution in [1.29, 1.82) is 0 Å². The third kappa shape index (κ3) is 4.28. The summed E-state index contributed by atoms with van der Waals surface area (Å²) in [5, 5.41) is 6.51. The zero-order chi connectivity index (χ0) is 19.4. The number of anilines is 1. The molecule has 3 aromatic rings. The lowest BCUT2D eigenvalue weighted by molar-refractivity contribution is -0.114. The smallest absolute Gasteiger partial charge is 0.251 e. The minimum atomic E-state index is -0.330. The molecule has 140 valence electrons. The maximum atomic E-state index is 12.6. The van der Waals surface area contributed by atoms with Gasteiger partial charge in [0.15, 0.2) is 11.3 Å². The molecule has 27 heavy (non-hydrogen) atoms. The Hall–Kier alpha value is -3.28. The first-order chi connectivity index (χ1) is 13.0. The molecule has 0 spiro atoms. The predicted molar refractivity (Wildman–Crippen MR) is 104 cm³/mol. The summed E-state index contributed by atoms with van der Waals surface area (Å²) in [6.45, 7) is 5.74. The number of fused-ring (bicyclic) bond motifs is 1. The molecule has 6 nitrogen and oxygen atoms in total. The van der Waals surface area contributed by atoms with E-state index in [4.69, 9.17) is 9.15 Å². The zero-order valence-corrected chi connectivity index (χ0v) is 15.5. The molecule has 0 saturated heterocycles. The largest absolute Gasteiger partial charge is 0.490 e. The van der Waals surface area contributed by atoms with Gasteiger partial charge in [0.1, 0.15) is 5.76 Å². The predicted octanol–water partition coefficient (Wildman–Crippen LogP) is 4.28. The van der Waals surface area contributed by atoms with Gasteiger partial charge in [-0.25, -0.2) is 0 Å². The highest BCUT2D eigenvalue weighted by molar-refractivity contribution is 5.97. The van der Waals surface area contributed by atoms with E-state index < -0.39 is 0 Å². The number of benzene rings is 2. The van der Waals surface area contributed by atoms with E-state index >= 15 is 0 Å². The van der Waals surface area contributed by atoms with Crippen molar-refractivity contribution in [2.24, 2.45) is 0 Å². The van der Waals surface area contributed by atoms with Crippen LogP contribution in [0.4, 0.5) is 5.69 Å². The van der Waals surface area contributed by atoms with Crippen molar-refractivity contribution in [2.45, 2.75) is 26.8 Å². The molecule has 2 N–H and O–H groups in total. The highest BCUT2D eigenvalue weighted by atomic mass is 16.5. The number of furan rings is 1. The molecule has 0 aliphatic rings. The molecule has 0 bridgehead atoms. The Balaban J connectivity index is 1.78. The van der Waals surface area contributed by atoms with Gasteiger partial charge in [0.2, 0.25) is 5.91 Å². The summed E-state index contributed by atoms with van der Waals surface area (Å²) in [6.07, 6.45) is 0. The summed E-state index contributed by atoms with van der Waals surface area (Å²) >= 11 is 0. The van der Waals surface area contributed by atoms with Gasteiger partial charge in [-0.05, 0) is 44.2 Å². The lowest BCUT2D eigenvalue weighted by atomic mass is 10.1. The van der Waals surface area contributed by atoms with Gasteiger partial charge in [-0.3, -0.25) is 9.59 Å². The molecule has 1 aromatic heterocycles. The topological polar surface area (TPSA) is 80.6 Å².